The first-order chi connectivity index (χ1) is 12.8. The van der Waals surface area contributed by atoms with Crippen molar-refractivity contribution in [3.63, 3.8) is 0 Å². The van der Waals surface area contributed by atoms with Crippen molar-refractivity contribution in [1.82, 2.24) is 4.90 Å². The Morgan fingerprint density at radius 1 is 1.00 bits per heavy atom. The number of carbonyl (C=O) groups is 1. The molecule has 0 radical (unpaired) electrons. The van der Waals surface area contributed by atoms with E-state index < -0.39 is 0 Å². The van der Waals surface area contributed by atoms with Crippen molar-refractivity contribution in [3.05, 3.63) is 71.8 Å². The van der Waals surface area contributed by atoms with Crippen LogP contribution in [-0.4, -0.2) is 36.5 Å². The van der Waals surface area contributed by atoms with Gasteiger partial charge in [0.1, 0.15) is 0 Å². The molecule has 2 aromatic carbocycles. The number of hydrogen-bond acceptors (Lipinski definition) is 3. The van der Waals surface area contributed by atoms with E-state index >= 15 is 0 Å². The summed E-state index contributed by atoms with van der Waals surface area (Å²) >= 11 is 0. The lowest BCUT2D eigenvalue weighted by atomic mass is 9.98. The van der Waals surface area contributed by atoms with Gasteiger partial charge in [-0.1, -0.05) is 36.4 Å². The summed E-state index contributed by atoms with van der Waals surface area (Å²) in [6.07, 6.45) is 4.09. The third-order valence-electron chi connectivity index (χ3n) is 5.31. The predicted octanol–water partition coefficient (Wildman–Crippen LogP) is 3.45. The first-order valence-corrected chi connectivity index (χ1v) is 9.06. The highest BCUT2D eigenvalue weighted by molar-refractivity contribution is 5.99. The molecule has 4 rings (SSSR count). The van der Waals surface area contributed by atoms with Gasteiger partial charge < -0.3 is 4.90 Å². The number of rotatable bonds is 3. The van der Waals surface area contributed by atoms with E-state index in [4.69, 9.17) is 5.26 Å². The zero-order valence-corrected chi connectivity index (χ0v) is 14.6. The Balaban J connectivity index is 1.44. The molecule has 4 nitrogen and oxygen atoms in total. The molecule has 1 atom stereocenters. The topological polar surface area (TPSA) is 47.3 Å². The average Bonchev–Trinajstić information content (AvgIpc) is 3.10. The van der Waals surface area contributed by atoms with Gasteiger partial charge in [0.15, 0.2) is 0 Å². The minimum absolute atomic E-state index is 0.0424. The van der Waals surface area contributed by atoms with E-state index in [2.05, 4.69) is 41.3 Å². The second-order valence-electron chi connectivity index (χ2n) is 6.79. The lowest BCUT2D eigenvalue weighted by molar-refractivity contribution is -0.121. The minimum atomic E-state index is -0.0424. The number of nitrogens with zero attached hydrogens (tertiary/aromatic N) is 3. The van der Waals surface area contributed by atoms with E-state index in [1.807, 2.05) is 23.1 Å². The van der Waals surface area contributed by atoms with Crippen LogP contribution in [0.2, 0.25) is 0 Å². The van der Waals surface area contributed by atoms with Gasteiger partial charge in [0, 0.05) is 25.3 Å². The van der Waals surface area contributed by atoms with Crippen LogP contribution >= 0.6 is 0 Å². The summed E-state index contributed by atoms with van der Waals surface area (Å²) in [5, 5.41) is 8.92. The Morgan fingerprint density at radius 2 is 1.77 bits per heavy atom. The Bertz CT molecular complexity index is 865. The first-order valence-electron chi connectivity index (χ1n) is 9.06. The molecule has 0 bridgehead atoms. The van der Waals surface area contributed by atoms with Gasteiger partial charge in [0.25, 0.3) is 0 Å². The van der Waals surface area contributed by atoms with Crippen LogP contribution < -0.4 is 4.90 Å². The van der Waals surface area contributed by atoms with Gasteiger partial charge >= 0.3 is 0 Å². The molecule has 4 heteroatoms. The molecule has 2 aliphatic heterocycles. The van der Waals surface area contributed by atoms with Crippen molar-refractivity contribution in [2.75, 3.05) is 24.5 Å². The molecule has 2 heterocycles. The number of amides is 1. The number of anilines is 1. The smallest absolute Gasteiger partial charge is 0.244 e. The third-order valence-corrected chi connectivity index (χ3v) is 5.31. The van der Waals surface area contributed by atoms with Gasteiger partial charge in [-0.15, -0.1) is 0 Å². The van der Waals surface area contributed by atoms with E-state index in [9.17, 15) is 4.79 Å². The maximum atomic E-state index is 12.9. The van der Waals surface area contributed by atoms with Gasteiger partial charge in [-0.3, -0.25) is 9.69 Å². The lowest BCUT2D eigenvalue weighted by Crippen LogP contribution is -2.43. The standard InChI is InChI=1S/C22H21N3O/c23-16-17-6-8-20(9-7-17)25-15-12-21(22(25)26)24-13-10-19(11-14-24)18-4-2-1-3-5-18/h1-10,21H,11-15H2/t21-/m0/s1. The number of hydrogen-bond donors (Lipinski definition) is 0. The zero-order chi connectivity index (χ0) is 17.9. The first kappa shape index (κ1) is 16.6. The summed E-state index contributed by atoms with van der Waals surface area (Å²) in [6, 6.07) is 19.8. The number of carbonyl (C=O) groups excluding carboxylic acids is 1. The summed E-state index contributed by atoms with van der Waals surface area (Å²) < 4.78 is 0. The van der Waals surface area contributed by atoms with E-state index in [1.165, 1.54) is 11.1 Å². The van der Waals surface area contributed by atoms with Crippen LogP contribution in [0.3, 0.4) is 0 Å². The molecule has 1 amide bonds. The molecule has 0 saturated carbocycles. The van der Waals surface area contributed by atoms with Gasteiger partial charge in [-0.05, 0) is 48.2 Å². The van der Waals surface area contributed by atoms with Gasteiger partial charge in [-0.2, -0.15) is 5.26 Å². The minimum Gasteiger partial charge on any atom is -0.311 e. The highest BCUT2D eigenvalue weighted by atomic mass is 16.2. The van der Waals surface area contributed by atoms with Gasteiger partial charge in [0.2, 0.25) is 5.91 Å². The SMILES string of the molecule is N#Cc1ccc(N2CC[C@H](N3CC=C(c4ccccc4)CC3)C2=O)cc1. The van der Waals surface area contributed by atoms with Gasteiger partial charge in [0.05, 0.1) is 17.7 Å². The van der Waals surface area contributed by atoms with Crippen LogP contribution in [0.4, 0.5) is 5.69 Å². The molecule has 0 N–H and O–H groups in total. The fourth-order valence-electron chi connectivity index (χ4n) is 3.86. The molecule has 1 fully saturated rings. The molecule has 2 aliphatic rings. The summed E-state index contributed by atoms with van der Waals surface area (Å²) in [7, 11) is 0. The second kappa shape index (κ2) is 7.15. The van der Waals surface area contributed by atoms with Crippen LogP contribution in [0, 0.1) is 11.3 Å². The molecule has 26 heavy (non-hydrogen) atoms. The van der Waals surface area contributed by atoms with Crippen LogP contribution in [-0.2, 0) is 4.79 Å². The quantitative estimate of drug-likeness (QED) is 0.857. The van der Waals surface area contributed by atoms with E-state index in [-0.39, 0.29) is 11.9 Å². The van der Waals surface area contributed by atoms with E-state index in [0.717, 1.165) is 38.2 Å². The van der Waals surface area contributed by atoms with E-state index in [0.29, 0.717) is 5.56 Å². The van der Waals surface area contributed by atoms with Crippen LogP contribution in [0.25, 0.3) is 5.57 Å². The van der Waals surface area contributed by atoms with Crippen LogP contribution in [0.15, 0.2) is 60.7 Å². The van der Waals surface area contributed by atoms with Crippen molar-refractivity contribution >= 4 is 17.2 Å². The number of benzene rings is 2. The molecular formula is C22H21N3O. The Hall–Kier alpha value is -2.90. The Labute approximate surface area is 154 Å². The normalized spacial score (nSPS) is 20.7. The highest BCUT2D eigenvalue weighted by Gasteiger charge is 2.36. The molecular weight excluding hydrogens is 322 g/mol. The predicted molar refractivity (Wildman–Crippen MR) is 103 cm³/mol. The molecule has 0 aliphatic carbocycles. The molecule has 130 valence electrons. The van der Waals surface area contributed by atoms with Crippen molar-refractivity contribution in [2.24, 2.45) is 0 Å². The largest absolute Gasteiger partial charge is 0.311 e. The Kier molecular flexibility index (Phi) is 4.55. The summed E-state index contributed by atoms with van der Waals surface area (Å²) in [5.41, 5.74) is 4.15. The maximum absolute atomic E-state index is 12.9. The van der Waals surface area contributed by atoms with Crippen molar-refractivity contribution < 1.29 is 4.79 Å². The average molecular weight is 343 g/mol. The molecule has 0 spiro atoms. The fraction of sp³-hybridized carbons (Fsp3) is 0.273. The van der Waals surface area contributed by atoms with Crippen molar-refractivity contribution in [2.45, 2.75) is 18.9 Å². The van der Waals surface area contributed by atoms with Crippen molar-refractivity contribution in [3.8, 4) is 6.07 Å². The highest BCUT2D eigenvalue weighted by Crippen LogP contribution is 2.28. The van der Waals surface area contributed by atoms with Crippen molar-refractivity contribution in [1.29, 1.82) is 5.26 Å². The molecule has 1 saturated heterocycles. The van der Waals surface area contributed by atoms with Crippen LogP contribution in [0.1, 0.15) is 24.0 Å². The lowest BCUT2D eigenvalue weighted by Gasteiger charge is -2.30. The summed E-state index contributed by atoms with van der Waals surface area (Å²) in [5.74, 6) is 0.172. The molecule has 0 aromatic heterocycles. The fourth-order valence-corrected chi connectivity index (χ4v) is 3.86. The zero-order valence-electron chi connectivity index (χ0n) is 14.6. The Morgan fingerprint density at radius 3 is 2.42 bits per heavy atom. The molecule has 0 unspecified atom stereocenters. The summed E-state index contributed by atoms with van der Waals surface area (Å²) in [6.45, 7) is 2.47. The summed E-state index contributed by atoms with van der Waals surface area (Å²) in [4.78, 5) is 17.0. The second-order valence-corrected chi connectivity index (χ2v) is 6.79. The third kappa shape index (κ3) is 3.14. The monoisotopic (exact) mass is 343 g/mol. The maximum Gasteiger partial charge on any atom is 0.244 e. The van der Waals surface area contributed by atoms with E-state index in [1.54, 1.807) is 12.1 Å². The molecule has 2 aromatic rings. The van der Waals surface area contributed by atoms with Crippen LogP contribution in [0.5, 0.6) is 0 Å². The van der Waals surface area contributed by atoms with Gasteiger partial charge in [-0.25, -0.2) is 0 Å². The number of nitriles is 1.